The number of amides is 2. The Bertz CT molecular complexity index is 1060. The first kappa shape index (κ1) is 39.7. The fraction of sp³-hybridized carbons (Fsp3) is 0.645. The number of unbranched alkanes of at least 4 members (excludes halogenated alkanes) is 7. The van der Waals surface area contributed by atoms with E-state index >= 15 is 0 Å². The predicted octanol–water partition coefficient (Wildman–Crippen LogP) is 4.88. The van der Waals surface area contributed by atoms with Crippen molar-refractivity contribution in [3.8, 4) is 18.1 Å². The zero-order valence-electron chi connectivity index (χ0n) is 25.5. The maximum absolute atomic E-state index is 13.6. The summed E-state index contributed by atoms with van der Waals surface area (Å²) in [5.41, 5.74) is 0. The van der Waals surface area contributed by atoms with Gasteiger partial charge in [0.15, 0.2) is 0 Å². The Labute approximate surface area is 260 Å². The third-order valence-corrected chi connectivity index (χ3v) is 6.32. The number of hydrogen-bond donors (Lipinski definition) is 2. The summed E-state index contributed by atoms with van der Waals surface area (Å²) in [6.45, 7) is 3.13. The zero-order valence-corrected chi connectivity index (χ0v) is 25.5. The summed E-state index contributed by atoms with van der Waals surface area (Å²) in [6, 6.07) is 0. The second-order valence-corrected chi connectivity index (χ2v) is 9.99. The molecule has 0 saturated heterocycles. The Balaban J connectivity index is 1.92. The molecule has 0 bridgehead atoms. The summed E-state index contributed by atoms with van der Waals surface area (Å²) in [5, 5.41) is 5.56. The lowest BCUT2D eigenvalue weighted by Crippen LogP contribution is -2.29. The molecule has 254 valence electrons. The SMILES string of the molecule is C#CCOCCOCCOCCNC(=O)CCCNC(=O)CCCCCCCCCCC(=O)Oc1c(F)c(F)c(F)c(F)c1F. The van der Waals surface area contributed by atoms with Crippen molar-refractivity contribution in [2.24, 2.45) is 0 Å². The van der Waals surface area contributed by atoms with Gasteiger partial charge in [-0.25, -0.2) is 13.2 Å². The number of hydrogen-bond acceptors (Lipinski definition) is 7. The maximum atomic E-state index is 13.6. The summed E-state index contributed by atoms with van der Waals surface area (Å²) in [5.74, 6) is -11.5. The summed E-state index contributed by atoms with van der Waals surface area (Å²) < 4.78 is 86.6. The highest BCUT2D eigenvalue weighted by molar-refractivity contribution is 5.77. The van der Waals surface area contributed by atoms with E-state index in [0.29, 0.717) is 78.2 Å². The van der Waals surface area contributed by atoms with Crippen LogP contribution in [0.25, 0.3) is 0 Å². The van der Waals surface area contributed by atoms with E-state index in [1.54, 1.807) is 0 Å². The highest BCUT2D eigenvalue weighted by Crippen LogP contribution is 2.29. The molecule has 0 radical (unpaired) electrons. The fourth-order valence-electron chi connectivity index (χ4n) is 3.94. The molecule has 1 rings (SSSR count). The van der Waals surface area contributed by atoms with Gasteiger partial charge in [-0.15, -0.1) is 6.42 Å². The number of nitrogens with one attached hydrogen (secondary N) is 2. The highest BCUT2D eigenvalue weighted by Gasteiger charge is 2.28. The number of terminal acetylenes is 1. The third kappa shape index (κ3) is 18.3. The summed E-state index contributed by atoms with van der Waals surface area (Å²) in [7, 11) is 0. The number of esters is 1. The minimum Gasteiger partial charge on any atom is -0.420 e. The largest absolute Gasteiger partial charge is 0.420 e. The quantitative estimate of drug-likeness (QED) is 0.0280. The van der Waals surface area contributed by atoms with Gasteiger partial charge in [-0.1, -0.05) is 44.4 Å². The molecule has 0 unspecified atom stereocenters. The van der Waals surface area contributed by atoms with Crippen LogP contribution in [0.2, 0.25) is 0 Å². The monoisotopic (exact) mass is 650 g/mol. The summed E-state index contributed by atoms with van der Waals surface area (Å²) >= 11 is 0. The molecule has 45 heavy (non-hydrogen) atoms. The van der Waals surface area contributed by atoms with Gasteiger partial charge in [-0.3, -0.25) is 14.4 Å². The van der Waals surface area contributed by atoms with Crippen LogP contribution in [0.1, 0.15) is 77.0 Å². The fourth-order valence-corrected chi connectivity index (χ4v) is 3.94. The first-order valence-corrected chi connectivity index (χ1v) is 15.1. The van der Waals surface area contributed by atoms with Crippen LogP contribution in [-0.4, -0.2) is 70.5 Å². The second-order valence-electron chi connectivity index (χ2n) is 9.99. The molecular weight excluding hydrogens is 607 g/mol. The van der Waals surface area contributed by atoms with E-state index in [0.717, 1.165) is 38.5 Å². The van der Waals surface area contributed by atoms with Crippen LogP contribution < -0.4 is 15.4 Å². The van der Waals surface area contributed by atoms with E-state index in [2.05, 4.69) is 21.3 Å². The van der Waals surface area contributed by atoms with E-state index < -0.39 is 40.8 Å². The molecule has 2 amide bonds. The van der Waals surface area contributed by atoms with Crippen LogP contribution >= 0.6 is 0 Å². The van der Waals surface area contributed by atoms with Crippen LogP contribution in [0.15, 0.2) is 0 Å². The van der Waals surface area contributed by atoms with Crippen molar-refractivity contribution < 1.29 is 55.3 Å². The Kier molecular flexibility index (Phi) is 22.1. The van der Waals surface area contributed by atoms with Gasteiger partial charge in [0.25, 0.3) is 0 Å². The molecule has 2 N–H and O–H groups in total. The predicted molar refractivity (Wildman–Crippen MR) is 155 cm³/mol. The number of carbonyl (C=O) groups excluding carboxylic acids is 3. The van der Waals surface area contributed by atoms with Gasteiger partial charge in [0, 0.05) is 32.4 Å². The normalized spacial score (nSPS) is 10.8. The summed E-state index contributed by atoms with van der Waals surface area (Å²) in [4.78, 5) is 35.5. The topological polar surface area (TPSA) is 112 Å². The van der Waals surface area contributed by atoms with E-state index in [1.807, 2.05) is 0 Å². The number of rotatable bonds is 26. The molecule has 14 heteroatoms. The van der Waals surface area contributed by atoms with Crippen LogP contribution in [0, 0.1) is 41.4 Å². The first-order valence-electron chi connectivity index (χ1n) is 15.1. The van der Waals surface area contributed by atoms with E-state index in [9.17, 15) is 36.3 Å². The lowest BCUT2D eigenvalue weighted by molar-refractivity contribution is -0.135. The second kappa shape index (κ2) is 25.0. The van der Waals surface area contributed by atoms with E-state index in [-0.39, 0.29) is 24.8 Å². The van der Waals surface area contributed by atoms with Gasteiger partial charge in [-0.2, -0.15) is 8.78 Å². The maximum Gasteiger partial charge on any atom is 0.311 e. The van der Waals surface area contributed by atoms with Crippen LogP contribution in [0.5, 0.6) is 5.75 Å². The molecule has 1 aromatic rings. The number of benzene rings is 1. The Hall–Kier alpha value is -3.28. The van der Waals surface area contributed by atoms with Crippen molar-refractivity contribution in [3.05, 3.63) is 29.1 Å². The van der Waals surface area contributed by atoms with Gasteiger partial charge < -0.3 is 29.6 Å². The summed E-state index contributed by atoms with van der Waals surface area (Å²) in [6.07, 6.45) is 12.2. The smallest absolute Gasteiger partial charge is 0.311 e. The third-order valence-electron chi connectivity index (χ3n) is 6.32. The number of halogens is 5. The van der Waals surface area contributed by atoms with Crippen molar-refractivity contribution in [2.75, 3.05) is 52.7 Å². The Morgan fingerprint density at radius 2 is 1.00 bits per heavy atom. The average Bonchev–Trinajstić information content (AvgIpc) is 3.03. The molecule has 0 heterocycles. The standard InChI is InChI=1S/C31H43F5N2O7/c1-2-17-42-19-21-44-22-20-43-18-16-38-24(40)13-11-15-37-23(39)12-9-7-5-3-4-6-8-10-14-25(41)45-31-29(35)27(33)26(32)28(34)30(31)36/h1H,3-22H2,(H,37,39)(H,38,40). The van der Waals surface area contributed by atoms with Crippen molar-refractivity contribution in [3.63, 3.8) is 0 Å². The highest BCUT2D eigenvalue weighted by atomic mass is 19.2. The molecule has 9 nitrogen and oxygen atoms in total. The van der Waals surface area contributed by atoms with Crippen LogP contribution in [0.4, 0.5) is 22.0 Å². The molecule has 0 aliphatic carbocycles. The minimum absolute atomic E-state index is 0.0635. The lowest BCUT2D eigenvalue weighted by Gasteiger charge is -2.09. The molecule has 0 atom stereocenters. The van der Waals surface area contributed by atoms with Gasteiger partial charge in [0.05, 0.1) is 33.0 Å². The number of ether oxygens (including phenoxy) is 4. The Morgan fingerprint density at radius 1 is 0.556 bits per heavy atom. The van der Waals surface area contributed by atoms with E-state index in [1.165, 1.54) is 0 Å². The Morgan fingerprint density at radius 3 is 1.58 bits per heavy atom. The molecule has 0 fully saturated rings. The zero-order chi connectivity index (χ0) is 33.3. The van der Waals surface area contributed by atoms with E-state index in [4.69, 9.17) is 20.6 Å². The van der Waals surface area contributed by atoms with Crippen LogP contribution in [0.3, 0.4) is 0 Å². The molecule has 1 aromatic carbocycles. The first-order chi connectivity index (χ1) is 21.7. The number of carbonyl (C=O) groups is 3. The van der Waals surface area contributed by atoms with Crippen molar-refractivity contribution in [1.29, 1.82) is 0 Å². The minimum atomic E-state index is -2.32. The van der Waals surface area contributed by atoms with Gasteiger partial charge in [-0.05, 0) is 19.3 Å². The molecule has 0 saturated carbocycles. The average molecular weight is 651 g/mol. The van der Waals surface area contributed by atoms with Gasteiger partial charge >= 0.3 is 5.97 Å². The van der Waals surface area contributed by atoms with Crippen molar-refractivity contribution >= 4 is 17.8 Å². The van der Waals surface area contributed by atoms with Crippen molar-refractivity contribution in [2.45, 2.75) is 77.0 Å². The van der Waals surface area contributed by atoms with Gasteiger partial charge in [0.2, 0.25) is 46.6 Å². The van der Waals surface area contributed by atoms with Crippen molar-refractivity contribution in [1.82, 2.24) is 10.6 Å². The lowest BCUT2D eigenvalue weighted by atomic mass is 10.1. The van der Waals surface area contributed by atoms with Gasteiger partial charge in [0.1, 0.15) is 6.61 Å². The molecule has 0 aromatic heterocycles. The van der Waals surface area contributed by atoms with Crippen LogP contribution in [-0.2, 0) is 28.6 Å². The molecule has 0 aliphatic heterocycles. The molecule has 0 aliphatic rings. The molecular formula is C31H43F5N2O7. The molecule has 0 spiro atoms.